The van der Waals surface area contributed by atoms with Gasteiger partial charge in [0.05, 0.1) is 0 Å². The molecule has 0 bridgehead atoms. The predicted molar refractivity (Wildman–Crippen MR) is 44.9 cm³/mol. The van der Waals surface area contributed by atoms with Crippen LogP contribution in [0.2, 0.25) is 0 Å². The summed E-state index contributed by atoms with van der Waals surface area (Å²) in [5, 5.41) is 0. The van der Waals surface area contributed by atoms with Crippen molar-refractivity contribution in [3.05, 3.63) is 52.0 Å². The van der Waals surface area contributed by atoms with Gasteiger partial charge in [-0.25, -0.2) is 0 Å². The summed E-state index contributed by atoms with van der Waals surface area (Å²) in [6.45, 7) is 0. The van der Waals surface area contributed by atoms with Crippen molar-refractivity contribution in [2.75, 3.05) is 0 Å². The van der Waals surface area contributed by atoms with Crippen LogP contribution in [0.1, 0.15) is 0 Å². The summed E-state index contributed by atoms with van der Waals surface area (Å²) < 4.78 is 0. The smallest absolute Gasteiger partial charge is 0.358 e. The Morgan fingerprint density at radius 3 is 0.200 bits per heavy atom. The van der Waals surface area contributed by atoms with Crippen LogP contribution in [0.25, 0.3) is 0 Å². The van der Waals surface area contributed by atoms with Gasteiger partial charge >= 0.3 is 136 Å². The van der Waals surface area contributed by atoms with E-state index in [-0.39, 0.29) is 208 Å². The molecule has 0 heterocycles. The van der Waals surface area contributed by atoms with Gasteiger partial charge in [-0.2, -0.15) is 0 Å². The van der Waals surface area contributed by atoms with E-state index < -0.39 is 0 Å². The molecule has 0 nitrogen and oxygen atoms in total. The third-order valence-electron chi connectivity index (χ3n) is 0. The first kappa shape index (κ1) is 290. The largest absolute Gasteiger partial charge is 1.00 e. The Bertz CT molecular complexity index is 15.0. The Morgan fingerprint density at radius 2 is 0.200 bits per heavy atom. The zero-order valence-electron chi connectivity index (χ0n) is 9.83. The summed E-state index contributed by atoms with van der Waals surface area (Å²) in [5.41, 5.74) is 0. The second-order valence-electron chi connectivity index (χ2n) is 0. The van der Waals surface area contributed by atoms with Gasteiger partial charge in [-0.15, -0.1) is 0 Å². The Labute approximate surface area is 204 Å². The second kappa shape index (κ2) is 247. The minimum absolute atomic E-state index is 0. The van der Waals surface area contributed by atoms with Crippen LogP contribution >= 0.6 is 0 Å². The van der Waals surface area contributed by atoms with Crippen LogP contribution in [-0.2, 0) is 156 Å². The van der Waals surface area contributed by atoms with Crippen LogP contribution in [0.4, 0.5) is 0 Å². The van der Waals surface area contributed by atoms with E-state index in [1.807, 2.05) is 0 Å². The normalized spacial score (nSPS) is 0. The molecule has 0 aromatic heterocycles. The quantitative estimate of drug-likeness (QED) is 0.259. The van der Waals surface area contributed by atoms with Crippen molar-refractivity contribution < 1.29 is 156 Å². The van der Waals surface area contributed by atoms with Crippen LogP contribution in [0, 0.1) is 52.0 Å². The van der Waals surface area contributed by atoms with Crippen molar-refractivity contribution in [2.24, 2.45) is 0 Å². The molecular weight excluding hydrogens is 893 g/mol. The molecule has 0 aromatic carbocycles. The zero-order chi connectivity index (χ0) is 0. The van der Waals surface area contributed by atoms with Gasteiger partial charge < -0.3 is 52.0 Å². The molecular formula is C7H21Ru8. The van der Waals surface area contributed by atoms with Gasteiger partial charge in [0.1, 0.15) is 0 Å². The molecule has 15 heavy (non-hydrogen) atoms. The van der Waals surface area contributed by atoms with Gasteiger partial charge in [-0.3, -0.25) is 0 Å². The van der Waals surface area contributed by atoms with Crippen molar-refractivity contribution >= 4 is 0 Å². The van der Waals surface area contributed by atoms with Gasteiger partial charge in [0.2, 0.25) is 0 Å². The maximum absolute atomic E-state index is 0. The van der Waals surface area contributed by atoms with Gasteiger partial charge in [0, 0.05) is 19.5 Å². The molecule has 0 saturated carbocycles. The van der Waals surface area contributed by atoms with Crippen molar-refractivity contribution in [3.8, 4) is 0 Å². The average molecular weight is 914 g/mol. The molecule has 0 saturated heterocycles. The molecule has 0 aliphatic rings. The van der Waals surface area contributed by atoms with Crippen LogP contribution in [0.15, 0.2) is 0 Å². The molecule has 113 valence electrons. The molecule has 7 radical (unpaired) electrons. The maximum atomic E-state index is 0. The van der Waals surface area contributed by atoms with Crippen molar-refractivity contribution in [1.82, 2.24) is 0 Å². The summed E-state index contributed by atoms with van der Waals surface area (Å²) >= 11 is 0. The number of hydrogen-bond acceptors (Lipinski definition) is 0. The van der Waals surface area contributed by atoms with Gasteiger partial charge in [-0.1, -0.05) is 0 Å². The Balaban J connectivity index is 0. The molecule has 0 unspecified atom stereocenters. The van der Waals surface area contributed by atoms with Crippen LogP contribution < -0.4 is 0 Å². The number of rotatable bonds is 0. The maximum Gasteiger partial charge on any atom is 1.00 e. The third kappa shape index (κ3) is 220. The Morgan fingerprint density at radius 1 is 0.200 bits per heavy atom. The van der Waals surface area contributed by atoms with Crippen molar-refractivity contribution in [1.29, 1.82) is 0 Å². The fourth-order valence-electron chi connectivity index (χ4n) is 0. The SMILES string of the molecule is [CH3-].[CH3-].[CH3-].[CH3-].[CH3-].[CH3-].[CH3-].[Ru+].[Ru+].[Ru+].[Ru+].[Ru+].[Ru+].[Ru+].[Ru]. The molecule has 0 N–H and O–H groups in total. The van der Waals surface area contributed by atoms with E-state index in [0.29, 0.717) is 0 Å². The summed E-state index contributed by atoms with van der Waals surface area (Å²) in [6.07, 6.45) is 0. The molecule has 0 amide bonds. The standard InChI is InChI=1S/7CH3.8Ru/h7*1H3;;;;;;;;/q7*-1;;7*+1. The fourth-order valence-corrected chi connectivity index (χ4v) is 0. The summed E-state index contributed by atoms with van der Waals surface area (Å²) in [7, 11) is 0. The summed E-state index contributed by atoms with van der Waals surface area (Å²) in [6, 6.07) is 0. The molecule has 0 rings (SSSR count). The zero-order valence-corrected chi connectivity index (χ0v) is 23.7. The fraction of sp³-hybridized carbons (Fsp3) is 0. The van der Waals surface area contributed by atoms with Gasteiger partial charge in [0.15, 0.2) is 0 Å². The summed E-state index contributed by atoms with van der Waals surface area (Å²) in [5.74, 6) is 0. The first-order valence-corrected chi connectivity index (χ1v) is 0. The molecule has 0 fully saturated rings. The van der Waals surface area contributed by atoms with E-state index >= 15 is 0 Å². The van der Waals surface area contributed by atoms with Crippen LogP contribution in [0.5, 0.6) is 0 Å². The van der Waals surface area contributed by atoms with Gasteiger partial charge in [0.25, 0.3) is 0 Å². The molecule has 0 spiro atoms. The minimum atomic E-state index is 0. The van der Waals surface area contributed by atoms with E-state index in [1.54, 1.807) is 0 Å². The van der Waals surface area contributed by atoms with E-state index in [4.69, 9.17) is 0 Å². The third-order valence-corrected chi connectivity index (χ3v) is 0. The first-order valence-electron chi connectivity index (χ1n) is 0. The van der Waals surface area contributed by atoms with Crippen LogP contribution in [-0.4, -0.2) is 0 Å². The molecule has 0 aliphatic carbocycles. The van der Waals surface area contributed by atoms with Crippen molar-refractivity contribution in [2.45, 2.75) is 0 Å². The monoisotopic (exact) mass is 920 g/mol. The predicted octanol–water partition coefficient (Wildman–Crippen LogP) is 3.13. The number of hydrogen-bond donors (Lipinski definition) is 0. The van der Waals surface area contributed by atoms with Crippen molar-refractivity contribution in [3.63, 3.8) is 0 Å². The van der Waals surface area contributed by atoms with Gasteiger partial charge in [-0.05, 0) is 0 Å². The summed E-state index contributed by atoms with van der Waals surface area (Å²) in [4.78, 5) is 0. The minimum Gasteiger partial charge on any atom is -0.358 e. The first-order chi connectivity index (χ1) is 0. The Kier molecular flexibility index (Phi) is 4770. The molecule has 0 atom stereocenters. The van der Waals surface area contributed by atoms with E-state index in [1.165, 1.54) is 0 Å². The van der Waals surface area contributed by atoms with Crippen LogP contribution in [0.3, 0.4) is 0 Å². The van der Waals surface area contributed by atoms with E-state index in [0.717, 1.165) is 0 Å². The molecule has 8 heteroatoms. The van der Waals surface area contributed by atoms with E-state index in [9.17, 15) is 0 Å². The average Bonchev–Trinajstić information content (AvgIpc) is 0. The molecule has 0 aliphatic heterocycles. The molecule has 0 aromatic rings. The Hall–Kier alpha value is 4.99. The van der Waals surface area contributed by atoms with E-state index in [2.05, 4.69) is 0 Å². The second-order valence-corrected chi connectivity index (χ2v) is 0. The topological polar surface area (TPSA) is 0 Å².